The fourth-order valence-electron chi connectivity index (χ4n) is 2.60. The number of nitrogens with zero attached hydrogens (tertiary/aromatic N) is 2. The van der Waals surface area contributed by atoms with Gasteiger partial charge in [0.1, 0.15) is 6.17 Å². The van der Waals surface area contributed by atoms with Gasteiger partial charge in [-0.05, 0) is 35.6 Å². The van der Waals surface area contributed by atoms with Crippen LogP contribution in [-0.4, -0.2) is 28.2 Å². The summed E-state index contributed by atoms with van der Waals surface area (Å²) in [7, 11) is 0. The summed E-state index contributed by atoms with van der Waals surface area (Å²) in [5.74, 6) is 5.28. The molecule has 164 valence electrons. The van der Waals surface area contributed by atoms with Gasteiger partial charge in [-0.25, -0.2) is 10.8 Å². The molecule has 0 aliphatic carbocycles. The maximum atomic E-state index is 11.4. The third-order valence-electron chi connectivity index (χ3n) is 4.02. The number of anilines is 2. The predicted octanol–water partition coefficient (Wildman–Crippen LogP) is 1.92. The molecule has 0 spiro atoms. The number of nitrogens with one attached hydrogen (secondary N) is 2. The SMILES string of the molecule is CC(=O)Nc1cc(CCc2ccc(C(N)N(N)C=O)cc2)cnc1NC(C)=O.Cl.Cl. The first-order chi connectivity index (χ1) is 13.3. The minimum absolute atomic E-state index is 0. The number of halogens is 2. The quantitative estimate of drug-likeness (QED) is 0.157. The normalized spacial score (nSPS) is 10.7. The molecule has 9 nitrogen and oxygen atoms in total. The van der Waals surface area contributed by atoms with Crippen LogP contribution in [0, 0.1) is 0 Å². The summed E-state index contributed by atoms with van der Waals surface area (Å²) < 4.78 is 0. The van der Waals surface area contributed by atoms with Crippen LogP contribution in [0.1, 0.15) is 36.7 Å². The van der Waals surface area contributed by atoms with E-state index in [1.165, 1.54) is 13.8 Å². The molecule has 0 saturated heterocycles. The van der Waals surface area contributed by atoms with Crippen molar-refractivity contribution in [1.82, 2.24) is 9.99 Å². The van der Waals surface area contributed by atoms with Gasteiger partial charge in [0, 0.05) is 20.0 Å². The molecular weight excluding hydrogens is 431 g/mol. The summed E-state index contributed by atoms with van der Waals surface area (Å²) in [5.41, 5.74) is 9.03. The van der Waals surface area contributed by atoms with E-state index >= 15 is 0 Å². The topological polar surface area (TPSA) is 143 Å². The van der Waals surface area contributed by atoms with E-state index in [4.69, 9.17) is 11.6 Å². The monoisotopic (exact) mass is 456 g/mol. The highest BCUT2D eigenvalue weighted by Crippen LogP contribution is 2.22. The smallest absolute Gasteiger partial charge is 0.225 e. The number of amides is 3. The molecule has 2 rings (SSSR count). The van der Waals surface area contributed by atoms with Crippen LogP contribution in [0.4, 0.5) is 11.5 Å². The minimum Gasteiger partial charge on any atom is -0.323 e. The van der Waals surface area contributed by atoms with E-state index in [0.29, 0.717) is 24.3 Å². The summed E-state index contributed by atoms with van der Waals surface area (Å²) in [6.07, 6.45) is 2.86. The summed E-state index contributed by atoms with van der Waals surface area (Å²) >= 11 is 0. The Morgan fingerprint density at radius 1 is 1.07 bits per heavy atom. The summed E-state index contributed by atoms with van der Waals surface area (Å²) in [6.45, 7) is 2.77. The van der Waals surface area contributed by atoms with Gasteiger partial charge in [-0.3, -0.25) is 19.4 Å². The number of rotatable bonds is 8. The highest BCUT2D eigenvalue weighted by atomic mass is 35.5. The number of benzene rings is 1. The van der Waals surface area contributed by atoms with Gasteiger partial charge in [-0.1, -0.05) is 24.3 Å². The molecule has 0 fully saturated rings. The number of hydrazine groups is 1. The van der Waals surface area contributed by atoms with Crippen LogP contribution in [0.25, 0.3) is 0 Å². The van der Waals surface area contributed by atoms with Gasteiger partial charge < -0.3 is 16.4 Å². The zero-order valence-corrected chi connectivity index (χ0v) is 18.3. The molecule has 0 aliphatic heterocycles. The maximum Gasteiger partial charge on any atom is 0.225 e. The lowest BCUT2D eigenvalue weighted by molar-refractivity contribution is -0.120. The lowest BCUT2D eigenvalue weighted by Gasteiger charge is -2.19. The second kappa shape index (κ2) is 12.8. The number of carbonyl (C=O) groups is 3. The number of pyridine rings is 1. The predicted molar refractivity (Wildman–Crippen MR) is 120 cm³/mol. The van der Waals surface area contributed by atoms with Crippen molar-refractivity contribution in [2.75, 3.05) is 10.6 Å². The van der Waals surface area contributed by atoms with E-state index in [1.54, 1.807) is 12.3 Å². The molecule has 1 aromatic carbocycles. The fourth-order valence-corrected chi connectivity index (χ4v) is 2.60. The molecule has 0 aliphatic rings. The Kier molecular flexibility index (Phi) is 11.6. The molecule has 11 heteroatoms. The Morgan fingerprint density at radius 3 is 2.17 bits per heavy atom. The van der Waals surface area contributed by atoms with Crippen molar-refractivity contribution in [2.24, 2.45) is 11.6 Å². The number of aryl methyl sites for hydroxylation is 2. The molecule has 0 radical (unpaired) electrons. The van der Waals surface area contributed by atoms with E-state index in [-0.39, 0.29) is 36.6 Å². The zero-order chi connectivity index (χ0) is 20.7. The van der Waals surface area contributed by atoms with Crippen LogP contribution in [-0.2, 0) is 27.2 Å². The van der Waals surface area contributed by atoms with E-state index in [2.05, 4.69) is 15.6 Å². The van der Waals surface area contributed by atoms with Crippen LogP contribution < -0.4 is 22.2 Å². The van der Waals surface area contributed by atoms with Crippen molar-refractivity contribution in [3.63, 3.8) is 0 Å². The number of aromatic nitrogens is 1. The molecule has 1 heterocycles. The van der Waals surface area contributed by atoms with Crippen molar-refractivity contribution in [1.29, 1.82) is 0 Å². The molecule has 2 aromatic rings. The largest absolute Gasteiger partial charge is 0.323 e. The summed E-state index contributed by atoms with van der Waals surface area (Å²) in [5, 5.41) is 6.18. The van der Waals surface area contributed by atoms with Crippen LogP contribution in [0.2, 0.25) is 0 Å². The van der Waals surface area contributed by atoms with Crippen molar-refractivity contribution in [3.8, 4) is 0 Å². The number of carbonyl (C=O) groups excluding carboxylic acids is 3. The van der Waals surface area contributed by atoms with Crippen LogP contribution in [0.15, 0.2) is 36.5 Å². The first-order valence-electron chi connectivity index (χ1n) is 8.67. The molecule has 1 unspecified atom stereocenters. The Hall–Kier alpha value is -2.72. The Labute approximate surface area is 187 Å². The van der Waals surface area contributed by atoms with Gasteiger partial charge in [-0.15, -0.1) is 24.8 Å². The van der Waals surface area contributed by atoms with E-state index in [0.717, 1.165) is 28.1 Å². The average Bonchev–Trinajstić information content (AvgIpc) is 2.66. The third-order valence-corrected chi connectivity index (χ3v) is 4.02. The van der Waals surface area contributed by atoms with Crippen molar-refractivity contribution in [2.45, 2.75) is 32.9 Å². The van der Waals surface area contributed by atoms with Gasteiger partial charge in [-0.2, -0.15) is 0 Å². The summed E-state index contributed by atoms with van der Waals surface area (Å²) in [4.78, 5) is 37.6. The highest BCUT2D eigenvalue weighted by molar-refractivity contribution is 5.96. The molecule has 3 amide bonds. The molecule has 1 aromatic heterocycles. The number of hydrogen-bond donors (Lipinski definition) is 4. The van der Waals surface area contributed by atoms with Crippen LogP contribution in [0.5, 0.6) is 0 Å². The highest BCUT2D eigenvalue weighted by Gasteiger charge is 2.11. The first kappa shape index (κ1) is 27.3. The second-order valence-corrected chi connectivity index (χ2v) is 6.34. The van der Waals surface area contributed by atoms with Gasteiger partial charge in [0.25, 0.3) is 0 Å². The molecule has 6 N–H and O–H groups in total. The van der Waals surface area contributed by atoms with Crippen LogP contribution >= 0.6 is 24.8 Å². The fraction of sp³-hybridized carbons (Fsp3) is 0.263. The zero-order valence-electron chi connectivity index (χ0n) is 16.6. The first-order valence-corrected chi connectivity index (χ1v) is 8.67. The van der Waals surface area contributed by atoms with Gasteiger partial charge in [0.05, 0.1) is 5.69 Å². The number of hydrogen-bond acceptors (Lipinski definition) is 6. The third kappa shape index (κ3) is 7.96. The van der Waals surface area contributed by atoms with Crippen molar-refractivity contribution < 1.29 is 14.4 Å². The minimum atomic E-state index is -0.697. The standard InChI is InChI=1S/C19H24N6O3.2ClH/c1-12(27)23-17-9-15(10-22-19(17)24-13(2)28)4-3-14-5-7-16(8-6-14)18(20)25(21)11-26;;/h5-11,18H,3-4,20-21H2,1-2H3,(H,23,27)(H,22,24,28);2*1H. The Balaban J connectivity index is 0.00000420. The Bertz CT molecular complexity index is 864. The number of nitrogens with two attached hydrogens (primary N) is 2. The van der Waals surface area contributed by atoms with Crippen LogP contribution in [0.3, 0.4) is 0 Å². The summed E-state index contributed by atoms with van der Waals surface area (Å²) in [6, 6.07) is 9.28. The Morgan fingerprint density at radius 2 is 1.63 bits per heavy atom. The average molecular weight is 457 g/mol. The van der Waals surface area contributed by atoms with Gasteiger partial charge in [0.15, 0.2) is 5.82 Å². The maximum absolute atomic E-state index is 11.4. The van der Waals surface area contributed by atoms with Gasteiger partial charge >= 0.3 is 0 Å². The van der Waals surface area contributed by atoms with Gasteiger partial charge in [0.2, 0.25) is 18.2 Å². The van der Waals surface area contributed by atoms with Crippen molar-refractivity contribution in [3.05, 3.63) is 53.2 Å². The van der Waals surface area contributed by atoms with Crippen molar-refractivity contribution >= 4 is 54.5 Å². The second-order valence-electron chi connectivity index (χ2n) is 6.34. The molecule has 0 bridgehead atoms. The van der Waals surface area contributed by atoms with E-state index in [9.17, 15) is 14.4 Å². The molecular formula is C19H26Cl2N6O3. The molecule has 0 saturated carbocycles. The molecule has 30 heavy (non-hydrogen) atoms. The lowest BCUT2D eigenvalue weighted by Crippen LogP contribution is -2.38. The lowest BCUT2D eigenvalue weighted by atomic mass is 10.0. The van der Waals surface area contributed by atoms with E-state index < -0.39 is 6.17 Å². The molecule has 1 atom stereocenters. The van der Waals surface area contributed by atoms with E-state index in [1.807, 2.05) is 24.3 Å².